The third-order valence-corrected chi connectivity index (χ3v) is 10.6. The van der Waals surface area contributed by atoms with Crippen LogP contribution in [0.1, 0.15) is 45.9 Å². The number of aryl methyl sites for hydroxylation is 1. The average molecular weight is 700 g/mol. The van der Waals surface area contributed by atoms with E-state index in [0.717, 1.165) is 74.9 Å². The van der Waals surface area contributed by atoms with Crippen molar-refractivity contribution in [2.24, 2.45) is 7.05 Å². The van der Waals surface area contributed by atoms with Crippen molar-refractivity contribution >= 4 is 29.2 Å². The van der Waals surface area contributed by atoms with Gasteiger partial charge in [0.15, 0.2) is 0 Å². The first-order valence-electron chi connectivity index (χ1n) is 16.5. The molecule has 2 aromatic carbocycles. The largest absolute Gasteiger partial charge is 0.481 e. The molecule has 4 N–H and O–H groups in total. The molecular weight excluding hydrogens is 662 g/mol. The van der Waals surface area contributed by atoms with Gasteiger partial charge in [0.1, 0.15) is 5.56 Å². The molecule has 4 aromatic rings. The number of anilines is 1. The van der Waals surface area contributed by atoms with Crippen LogP contribution in [-0.4, -0.2) is 75.0 Å². The first-order chi connectivity index (χ1) is 24.0. The third kappa shape index (κ3) is 5.74. The van der Waals surface area contributed by atoms with Crippen molar-refractivity contribution in [1.82, 2.24) is 29.7 Å². The average Bonchev–Trinajstić information content (AvgIpc) is 3.83. The van der Waals surface area contributed by atoms with E-state index in [0.29, 0.717) is 28.8 Å². The van der Waals surface area contributed by atoms with Gasteiger partial charge in [-0.3, -0.25) is 23.6 Å². The van der Waals surface area contributed by atoms with Gasteiger partial charge in [-0.05, 0) is 55.0 Å². The SMILES string of the molecule is COc1nc(-c2cccc(-c3cccc(NC(=O)c4cn(CCO)c(=O)n(C)c4=O)c3C)c2Cl)cc2c1C(N1CCC3(CNC(=O)N3)C1)CC2. The Morgan fingerprint density at radius 3 is 2.66 bits per heavy atom. The number of carbonyl (C=O) groups excluding carboxylic acids is 2. The Balaban J connectivity index is 1.18. The molecule has 3 amide bonds. The standard InChI is InChI=1S/C36H38ClN7O6/c1-20-22(6-5-9-26(20)39-31(46)25-17-43(14-15-45)35(49)42(2)33(25)47)23-7-4-8-24(30(23)37)27-16-21-10-11-28(29(21)32(40-27)50-3)44-13-12-36(19-44)18-38-34(48)41-36/h4-9,16-17,28,45H,10-15,18-19H2,1-3H3,(H,39,46)(H2,38,41,48). The van der Waals surface area contributed by atoms with Crippen LogP contribution in [0, 0.1) is 6.92 Å². The number of amides is 3. The highest BCUT2D eigenvalue weighted by Crippen LogP contribution is 2.46. The lowest BCUT2D eigenvalue weighted by Gasteiger charge is -2.28. The van der Waals surface area contributed by atoms with E-state index in [4.69, 9.17) is 21.3 Å². The fraction of sp³-hybridized carbons (Fsp3) is 0.361. The number of aromatic nitrogens is 3. The predicted octanol–water partition coefficient (Wildman–Crippen LogP) is 3.24. The van der Waals surface area contributed by atoms with Crippen molar-refractivity contribution in [1.29, 1.82) is 0 Å². The molecule has 1 aliphatic carbocycles. The van der Waals surface area contributed by atoms with Gasteiger partial charge in [0, 0.05) is 61.3 Å². The van der Waals surface area contributed by atoms with E-state index in [1.165, 1.54) is 13.2 Å². The Morgan fingerprint density at radius 2 is 1.92 bits per heavy atom. The molecule has 2 saturated heterocycles. The molecule has 3 aliphatic rings. The summed E-state index contributed by atoms with van der Waals surface area (Å²) < 4.78 is 7.86. The smallest absolute Gasteiger partial charge is 0.330 e. The number of nitrogens with one attached hydrogen (secondary N) is 3. The number of hydrogen-bond acceptors (Lipinski definition) is 8. The number of rotatable bonds is 8. The maximum absolute atomic E-state index is 13.3. The van der Waals surface area contributed by atoms with Gasteiger partial charge in [0.2, 0.25) is 5.88 Å². The molecule has 14 heteroatoms. The number of aliphatic hydroxyl groups is 1. The second kappa shape index (κ2) is 13.0. The van der Waals surface area contributed by atoms with Crippen LogP contribution in [0.25, 0.3) is 22.4 Å². The number of likely N-dealkylation sites (tertiary alicyclic amines) is 1. The molecule has 0 radical (unpaired) electrons. The van der Waals surface area contributed by atoms with Crippen molar-refractivity contribution in [3.8, 4) is 28.3 Å². The van der Waals surface area contributed by atoms with E-state index < -0.39 is 17.2 Å². The van der Waals surface area contributed by atoms with Crippen LogP contribution in [0.15, 0.2) is 58.3 Å². The molecule has 2 aliphatic heterocycles. The van der Waals surface area contributed by atoms with E-state index in [1.807, 2.05) is 31.2 Å². The Morgan fingerprint density at radius 1 is 1.16 bits per heavy atom. The topological polar surface area (TPSA) is 160 Å². The predicted molar refractivity (Wildman–Crippen MR) is 189 cm³/mol. The summed E-state index contributed by atoms with van der Waals surface area (Å²) in [5, 5.41) is 18.7. The van der Waals surface area contributed by atoms with E-state index in [2.05, 4.69) is 26.9 Å². The minimum atomic E-state index is -0.737. The molecule has 13 nitrogen and oxygen atoms in total. The van der Waals surface area contributed by atoms with Crippen molar-refractivity contribution in [3.63, 3.8) is 0 Å². The normalized spacial score (nSPS) is 19.8. The number of ether oxygens (including phenoxy) is 1. The number of hydrogen-bond donors (Lipinski definition) is 4. The Bertz CT molecular complexity index is 2160. The molecule has 7 rings (SSSR count). The number of methoxy groups -OCH3 is 1. The molecular formula is C36H38ClN7O6. The highest BCUT2D eigenvalue weighted by atomic mass is 35.5. The molecule has 2 atom stereocenters. The van der Waals surface area contributed by atoms with Crippen molar-refractivity contribution in [3.05, 3.63) is 96.8 Å². The summed E-state index contributed by atoms with van der Waals surface area (Å²) in [5.74, 6) is -0.118. The minimum absolute atomic E-state index is 0.0556. The molecule has 4 heterocycles. The summed E-state index contributed by atoms with van der Waals surface area (Å²) in [6, 6.07) is 13.3. The number of pyridine rings is 1. The number of nitrogens with zero attached hydrogens (tertiary/aromatic N) is 4. The molecule has 2 unspecified atom stereocenters. The Kier molecular flexibility index (Phi) is 8.75. The molecule has 0 bridgehead atoms. The molecule has 1 spiro atoms. The van der Waals surface area contributed by atoms with Gasteiger partial charge in [-0.1, -0.05) is 41.9 Å². The lowest BCUT2D eigenvalue weighted by molar-refractivity contribution is 0.102. The highest BCUT2D eigenvalue weighted by molar-refractivity contribution is 6.36. The van der Waals surface area contributed by atoms with Gasteiger partial charge in [-0.2, -0.15) is 0 Å². The molecule has 50 heavy (non-hydrogen) atoms. The van der Waals surface area contributed by atoms with Gasteiger partial charge >= 0.3 is 11.7 Å². The highest BCUT2D eigenvalue weighted by Gasteiger charge is 2.46. The number of urea groups is 1. The van der Waals surface area contributed by atoms with Gasteiger partial charge < -0.3 is 25.8 Å². The Hall–Kier alpha value is -4.98. The number of benzene rings is 2. The lowest BCUT2D eigenvalue weighted by atomic mass is 9.96. The van der Waals surface area contributed by atoms with E-state index in [9.17, 15) is 24.3 Å². The molecule has 260 valence electrons. The number of halogens is 1. The van der Waals surface area contributed by atoms with Crippen LogP contribution >= 0.6 is 11.6 Å². The number of fused-ring (bicyclic) bond motifs is 1. The summed E-state index contributed by atoms with van der Waals surface area (Å²) >= 11 is 7.15. The maximum Gasteiger partial charge on any atom is 0.330 e. The fourth-order valence-electron chi connectivity index (χ4n) is 7.58. The lowest BCUT2D eigenvalue weighted by Crippen LogP contribution is -2.46. The van der Waals surface area contributed by atoms with E-state index >= 15 is 0 Å². The van der Waals surface area contributed by atoms with Crippen LogP contribution in [0.5, 0.6) is 5.88 Å². The van der Waals surface area contributed by atoms with Crippen LogP contribution < -0.4 is 31.9 Å². The zero-order chi connectivity index (χ0) is 35.3. The molecule has 2 fully saturated rings. The van der Waals surface area contributed by atoms with Crippen LogP contribution in [0.2, 0.25) is 5.02 Å². The maximum atomic E-state index is 13.3. The molecule has 2 aromatic heterocycles. The summed E-state index contributed by atoms with van der Waals surface area (Å²) in [6.07, 6.45) is 3.84. The number of carbonyl (C=O) groups is 2. The molecule has 0 saturated carbocycles. The first kappa shape index (κ1) is 33.5. The summed E-state index contributed by atoms with van der Waals surface area (Å²) in [5.41, 5.74) is 4.54. The van der Waals surface area contributed by atoms with Crippen LogP contribution in [0.3, 0.4) is 0 Å². The monoisotopic (exact) mass is 699 g/mol. The van der Waals surface area contributed by atoms with Gasteiger partial charge in [0.25, 0.3) is 11.5 Å². The zero-order valence-electron chi connectivity index (χ0n) is 28.0. The summed E-state index contributed by atoms with van der Waals surface area (Å²) in [7, 11) is 2.92. The minimum Gasteiger partial charge on any atom is -0.481 e. The number of aliphatic hydroxyl groups excluding tert-OH is 1. The second-order valence-electron chi connectivity index (χ2n) is 13.2. The van der Waals surface area contributed by atoms with E-state index in [1.54, 1.807) is 19.2 Å². The van der Waals surface area contributed by atoms with Crippen molar-refractivity contribution < 1.29 is 19.4 Å². The van der Waals surface area contributed by atoms with Crippen LogP contribution in [0.4, 0.5) is 10.5 Å². The fourth-order valence-corrected chi connectivity index (χ4v) is 7.90. The van der Waals surface area contributed by atoms with Gasteiger partial charge in [0.05, 0.1) is 36.5 Å². The van der Waals surface area contributed by atoms with Gasteiger partial charge in [-0.25, -0.2) is 14.6 Å². The zero-order valence-corrected chi connectivity index (χ0v) is 28.8. The van der Waals surface area contributed by atoms with Crippen molar-refractivity contribution in [2.75, 3.05) is 38.7 Å². The van der Waals surface area contributed by atoms with Gasteiger partial charge in [-0.15, -0.1) is 0 Å². The second-order valence-corrected chi connectivity index (χ2v) is 13.5. The van der Waals surface area contributed by atoms with Crippen molar-refractivity contribution in [2.45, 2.75) is 44.3 Å². The quantitative estimate of drug-likeness (QED) is 0.218. The first-order valence-corrected chi connectivity index (χ1v) is 16.9. The van der Waals surface area contributed by atoms with E-state index in [-0.39, 0.29) is 36.3 Å². The summed E-state index contributed by atoms with van der Waals surface area (Å²) in [6.45, 7) is 3.73. The summed E-state index contributed by atoms with van der Waals surface area (Å²) in [4.78, 5) is 57.8. The van der Waals surface area contributed by atoms with Crippen LogP contribution in [-0.2, 0) is 20.0 Å². The Labute approximate surface area is 292 Å². The third-order valence-electron chi connectivity index (χ3n) is 10.2.